The Balaban J connectivity index is 2.95. The SMILES string of the molecule is Nc1ccc2[nH]c(=O)ccc2c1F. The topological polar surface area (TPSA) is 58.9 Å². The molecule has 3 nitrogen and oxygen atoms in total. The average Bonchev–Trinajstić information content (AvgIpc) is 2.12. The maximum Gasteiger partial charge on any atom is 0.248 e. The first-order valence-corrected chi connectivity index (χ1v) is 3.75. The van der Waals surface area contributed by atoms with Crippen molar-refractivity contribution in [1.82, 2.24) is 4.98 Å². The number of nitrogens with one attached hydrogen (secondary N) is 1. The molecule has 1 aromatic carbocycles. The fourth-order valence-electron chi connectivity index (χ4n) is 1.22. The van der Waals surface area contributed by atoms with Gasteiger partial charge < -0.3 is 10.7 Å². The fraction of sp³-hybridized carbons (Fsp3) is 0. The van der Waals surface area contributed by atoms with E-state index in [0.717, 1.165) is 0 Å². The van der Waals surface area contributed by atoms with Gasteiger partial charge in [0.05, 0.1) is 11.2 Å². The van der Waals surface area contributed by atoms with E-state index in [1.807, 2.05) is 0 Å². The Bertz CT molecular complexity index is 518. The molecule has 1 aromatic heterocycles. The van der Waals surface area contributed by atoms with E-state index in [9.17, 15) is 9.18 Å². The Labute approximate surface area is 73.0 Å². The Kier molecular flexibility index (Phi) is 1.55. The lowest BCUT2D eigenvalue weighted by molar-refractivity contribution is 0.644. The van der Waals surface area contributed by atoms with Crippen LogP contribution < -0.4 is 11.3 Å². The van der Waals surface area contributed by atoms with Crippen LogP contribution in [0.4, 0.5) is 10.1 Å². The van der Waals surface area contributed by atoms with Gasteiger partial charge in [-0.2, -0.15) is 0 Å². The van der Waals surface area contributed by atoms with Crippen LogP contribution in [0, 0.1) is 5.82 Å². The molecule has 13 heavy (non-hydrogen) atoms. The Morgan fingerprint density at radius 2 is 2.00 bits per heavy atom. The molecule has 0 aliphatic carbocycles. The fourth-order valence-corrected chi connectivity index (χ4v) is 1.22. The van der Waals surface area contributed by atoms with E-state index in [-0.39, 0.29) is 11.2 Å². The summed E-state index contributed by atoms with van der Waals surface area (Å²) >= 11 is 0. The minimum absolute atomic E-state index is 0.0829. The molecule has 0 fully saturated rings. The van der Waals surface area contributed by atoms with Crippen molar-refractivity contribution in [3.63, 3.8) is 0 Å². The van der Waals surface area contributed by atoms with E-state index in [1.54, 1.807) is 6.07 Å². The minimum Gasteiger partial charge on any atom is -0.396 e. The van der Waals surface area contributed by atoms with Gasteiger partial charge in [0.1, 0.15) is 0 Å². The largest absolute Gasteiger partial charge is 0.396 e. The molecule has 0 bridgehead atoms. The summed E-state index contributed by atoms with van der Waals surface area (Å²) in [6.45, 7) is 0. The third-order valence-corrected chi connectivity index (χ3v) is 1.87. The van der Waals surface area contributed by atoms with Crippen molar-refractivity contribution >= 4 is 16.6 Å². The maximum absolute atomic E-state index is 13.3. The number of fused-ring (bicyclic) bond motifs is 1. The number of rotatable bonds is 0. The van der Waals surface area contributed by atoms with Crippen molar-refractivity contribution in [2.75, 3.05) is 5.73 Å². The molecular formula is C9H7FN2O. The number of benzene rings is 1. The summed E-state index contributed by atoms with van der Waals surface area (Å²) in [6, 6.07) is 5.69. The lowest BCUT2D eigenvalue weighted by atomic mass is 10.2. The number of anilines is 1. The molecule has 2 aromatic rings. The molecule has 0 saturated heterocycles. The number of hydrogen-bond acceptors (Lipinski definition) is 2. The lowest BCUT2D eigenvalue weighted by Gasteiger charge is -2.00. The van der Waals surface area contributed by atoms with Crippen molar-refractivity contribution in [2.24, 2.45) is 0 Å². The van der Waals surface area contributed by atoms with Crippen molar-refractivity contribution in [2.45, 2.75) is 0 Å². The van der Waals surface area contributed by atoms with Gasteiger partial charge in [-0.3, -0.25) is 4.79 Å². The summed E-state index contributed by atoms with van der Waals surface area (Å²) in [7, 11) is 0. The molecule has 0 radical (unpaired) electrons. The highest BCUT2D eigenvalue weighted by molar-refractivity contribution is 5.82. The molecule has 4 heteroatoms. The molecule has 1 heterocycles. The van der Waals surface area contributed by atoms with Gasteiger partial charge in [0.15, 0.2) is 5.82 Å². The molecule has 0 spiro atoms. The van der Waals surface area contributed by atoms with Crippen LogP contribution in [0.5, 0.6) is 0 Å². The smallest absolute Gasteiger partial charge is 0.248 e. The number of aromatic amines is 1. The standard InChI is InChI=1S/C9H7FN2O/c10-9-5-1-4-8(13)12-7(5)3-2-6(9)11/h1-4H,11H2,(H,12,13). The zero-order valence-electron chi connectivity index (χ0n) is 6.67. The highest BCUT2D eigenvalue weighted by Crippen LogP contribution is 2.19. The first-order valence-electron chi connectivity index (χ1n) is 3.75. The van der Waals surface area contributed by atoms with Gasteiger partial charge >= 0.3 is 0 Å². The molecule has 3 N–H and O–H groups in total. The normalized spacial score (nSPS) is 10.5. The van der Waals surface area contributed by atoms with Crippen LogP contribution in [-0.4, -0.2) is 4.98 Å². The number of nitrogens with two attached hydrogens (primary N) is 1. The number of halogens is 1. The molecule has 66 valence electrons. The number of nitrogen functional groups attached to an aromatic ring is 1. The maximum atomic E-state index is 13.3. The van der Waals surface area contributed by atoms with Crippen LogP contribution in [0.25, 0.3) is 10.9 Å². The van der Waals surface area contributed by atoms with E-state index in [0.29, 0.717) is 10.9 Å². The average molecular weight is 178 g/mol. The molecule has 0 saturated carbocycles. The van der Waals surface area contributed by atoms with Crippen LogP contribution in [0.1, 0.15) is 0 Å². The molecule has 0 atom stereocenters. The summed E-state index contributed by atoms with van der Waals surface area (Å²) in [6.07, 6.45) is 0. The van der Waals surface area contributed by atoms with E-state index < -0.39 is 5.82 Å². The third kappa shape index (κ3) is 1.16. The molecular weight excluding hydrogens is 171 g/mol. The van der Waals surface area contributed by atoms with Gasteiger partial charge in [-0.05, 0) is 18.2 Å². The van der Waals surface area contributed by atoms with Crippen LogP contribution in [0.15, 0.2) is 29.1 Å². The van der Waals surface area contributed by atoms with Gasteiger partial charge in [0.2, 0.25) is 5.56 Å². The van der Waals surface area contributed by atoms with Crippen molar-refractivity contribution in [1.29, 1.82) is 0 Å². The van der Waals surface area contributed by atoms with E-state index >= 15 is 0 Å². The summed E-state index contributed by atoms with van der Waals surface area (Å²) < 4.78 is 13.3. The van der Waals surface area contributed by atoms with E-state index in [2.05, 4.69) is 4.98 Å². The quantitative estimate of drug-likeness (QED) is 0.596. The first kappa shape index (κ1) is 7.79. The predicted molar refractivity (Wildman–Crippen MR) is 48.9 cm³/mol. The monoisotopic (exact) mass is 178 g/mol. The zero-order valence-corrected chi connectivity index (χ0v) is 6.67. The van der Waals surface area contributed by atoms with Gasteiger partial charge in [-0.25, -0.2) is 4.39 Å². The van der Waals surface area contributed by atoms with E-state index in [4.69, 9.17) is 5.73 Å². The highest BCUT2D eigenvalue weighted by atomic mass is 19.1. The summed E-state index contributed by atoms with van der Waals surface area (Å²) in [5.41, 5.74) is 5.64. The Hall–Kier alpha value is -1.84. The van der Waals surface area contributed by atoms with Crippen LogP contribution in [-0.2, 0) is 0 Å². The molecule has 2 rings (SSSR count). The molecule has 0 aliphatic rings. The zero-order chi connectivity index (χ0) is 9.42. The Morgan fingerprint density at radius 3 is 2.77 bits per heavy atom. The van der Waals surface area contributed by atoms with Crippen molar-refractivity contribution in [3.05, 3.63) is 40.4 Å². The number of H-pyrrole nitrogens is 1. The molecule has 0 amide bonds. The van der Waals surface area contributed by atoms with Gasteiger partial charge in [0, 0.05) is 11.5 Å². The molecule has 0 aliphatic heterocycles. The first-order chi connectivity index (χ1) is 6.18. The summed E-state index contributed by atoms with van der Waals surface area (Å²) in [5.74, 6) is -0.492. The van der Waals surface area contributed by atoms with Crippen LogP contribution in [0.3, 0.4) is 0 Å². The summed E-state index contributed by atoms with van der Waals surface area (Å²) in [5, 5.41) is 0.333. The second-order valence-corrected chi connectivity index (χ2v) is 2.75. The predicted octanol–water partition coefficient (Wildman–Crippen LogP) is 1.25. The van der Waals surface area contributed by atoms with Gasteiger partial charge in [-0.15, -0.1) is 0 Å². The molecule has 0 unspecified atom stereocenters. The second-order valence-electron chi connectivity index (χ2n) is 2.75. The van der Waals surface area contributed by atoms with Crippen LogP contribution in [0.2, 0.25) is 0 Å². The third-order valence-electron chi connectivity index (χ3n) is 1.87. The lowest BCUT2D eigenvalue weighted by Crippen LogP contribution is -2.03. The van der Waals surface area contributed by atoms with Crippen molar-refractivity contribution in [3.8, 4) is 0 Å². The van der Waals surface area contributed by atoms with Crippen molar-refractivity contribution < 1.29 is 4.39 Å². The van der Waals surface area contributed by atoms with Gasteiger partial charge in [-0.1, -0.05) is 0 Å². The van der Waals surface area contributed by atoms with Crippen LogP contribution >= 0.6 is 0 Å². The van der Waals surface area contributed by atoms with Gasteiger partial charge in [0.25, 0.3) is 0 Å². The number of aromatic nitrogens is 1. The number of pyridine rings is 1. The highest BCUT2D eigenvalue weighted by Gasteiger charge is 2.03. The second kappa shape index (κ2) is 2.58. The Morgan fingerprint density at radius 1 is 1.23 bits per heavy atom. The van der Waals surface area contributed by atoms with E-state index in [1.165, 1.54) is 18.2 Å². The minimum atomic E-state index is -0.492. The summed E-state index contributed by atoms with van der Waals surface area (Å²) in [4.78, 5) is 13.4. The number of hydrogen-bond donors (Lipinski definition) is 2.